The Labute approximate surface area is 129 Å². The van der Waals surface area contributed by atoms with Crippen molar-refractivity contribution in [2.45, 2.75) is 39.0 Å². The predicted octanol–water partition coefficient (Wildman–Crippen LogP) is 2.36. The molecule has 0 aliphatic carbocycles. The van der Waals surface area contributed by atoms with Crippen molar-refractivity contribution in [3.63, 3.8) is 0 Å². The highest BCUT2D eigenvalue weighted by Crippen LogP contribution is 2.27. The van der Waals surface area contributed by atoms with E-state index in [9.17, 15) is 4.79 Å². The molecule has 1 unspecified atom stereocenters. The summed E-state index contributed by atoms with van der Waals surface area (Å²) in [6, 6.07) is 0. The van der Waals surface area contributed by atoms with Crippen molar-refractivity contribution >= 4 is 5.91 Å². The van der Waals surface area contributed by atoms with Crippen LogP contribution in [0.3, 0.4) is 0 Å². The van der Waals surface area contributed by atoms with Gasteiger partial charge < -0.3 is 9.42 Å². The zero-order valence-electron chi connectivity index (χ0n) is 13.0. The van der Waals surface area contributed by atoms with Crippen molar-refractivity contribution in [2.75, 3.05) is 13.1 Å². The number of carbonyl (C=O) groups excluding carboxylic acids is 1. The Bertz CT molecular complexity index is 653. The Morgan fingerprint density at radius 2 is 2.32 bits per heavy atom. The van der Waals surface area contributed by atoms with Gasteiger partial charge in [0, 0.05) is 37.6 Å². The minimum absolute atomic E-state index is 0.0178. The lowest BCUT2D eigenvalue weighted by molar-refractivity contribution is 0.0703. The molecule has 116 valence electrons. The van der Waals surface area contributed by atoms with Gasteiger partial charge in [-0.25, -0.2) is 0 Å². The maximum absolute atomic E-state index is 12.8. The molecule has 0 aromatic carbocycles. The molecule has 3 heterocycles. The molecule has 1 atom stereocenters. The fourth-order valence-corrected chi connectivity index (χ4v) is 3.02. The van der Waals surface area contributed by atoms with Gasteiger partial charge in [-0.3, -0.25) is 14.8 Å². The minimum atomic E-state index is 0.0178. The largest absolute Gasteiger partial charge is 0.361 e. The lowest BCUT2D eigenvalue weighted by Gasteiger charge is -2.32. The van der Waals surface area contributed by atoms with Crippen LogP contribution < -0.4 is 0 Å². The van der Waals surface area contributed by atoms with Gasteiger partial charge in [-0.2, -0.15) is 0 Å². The molecule has 22 heavy (non-hydrogen) atoms. The summed E-state index contributed by atoms with van der Waals surface area (Å²) in [6.45, 7) is 5.21. The van der Waals surface area contributed by atoms with Crippen LogP contribution >= 0.6 is 0 Å². The van der Waals surface area contributed by atoms with E-state index in [-0.39, 0.29) is 11.8 Å². The summed E-state index contributed by atoms with van der Waals surface area (Å²) in [7, 11) is 0. The maximum Gasteiger partial charge on any atom is 0.259 e. The first-order valence-corrected chi connectivity index (χ1v) is 7.71. The van der Waals surface area contributed by atoms with Gasteiger partial charge in [-0.1, -0.05) is 12.1 Å². The van der Waals surface area contributed by atoms with E-state index >= 15 is 0 Å². The van der Waals surface area contributed by atoms with Crippen LogP contribution in [0.25, 0.3) is 0 Å². The van der Waals surface area contributed by atoms with Crippen LogP contribution in [-0.4, -0.2) is 39.0 Å². The Morgan fingerprint density at radius 3 is 3.05 bits per heavy atom. The monoisotopic (exact) mass is 300 g/mol. The van der Waals surface area contributed by atoms with Crippen molar-refractivity contribution < 1.29 is 9.32 Å². The Balaban J connectivity index is 1.80. The second kappa shape index (κ2) is 6.25. The normalized spacial score (nSPS) is 18.5. The average molecular weight is 300 g/mol. The van der Waals surface area contributed by atoms with Gasteiger partial charge in [0.25, 0.3) is 5.91 Å². The summed E-state index contributed by atoms with van der Waals surface area (Å²) >= 11 is 0. The quantitative estimate of drug-likeness (QED) is 0.870. The van der Waals surface area contributed by atoms with E-state index in [1.54, 1.807) is 25.5 Å². The molecule has 1 saturated heterocycles. The van der Waals surface area contributed by atoms with E-state index in [2.05, 4.69) is 15.1 Å². The first kappa shape index (κ1) is 14.7. The molecule has 1 aliphatic rings. The number of hydrogen-bond acceptors (Lipinski definition) is 5. The van der Waals surface area contributed by atoms with E-state index in [1.165, 1.54) is 0 Å². The number of likely N-dealkylation sites (tertiary alicyclic amines) is 1. The van der Waals surface area contributed by atoms with Gasteiger partial charge in [0.1, 0.15) is 11.3 Å². The summed E-state index contributed by atoms with van der Waals surface area (Å²) in [6.07, 6.45) is 7.86. The summed E-state index contributed by atoms with van der Waals surface area (Å²) in [5.74, 6) is 0.865. The third-order valence-corrected chi connectivity index (χ3v) is 4.19. The molecule has 1 aliphatic heterocycles. The Morgan fingerprint density at radius 1 is 1.45 bits per heavy atom. The Kier molecular flexibility index (Phi) is 4.18. The second-order valence-electron chi connectivity index (χ2n) is 5.63. The van der Waals surface area contributed by atoms with Gasteiger partial charge in [0.15, 0.2) is 0 Å². The number of hydrogen-bond donors (Lipinski definition) is 0. The van der Waals surface area contributed by atoms with Crippen molar-refractivity contribution in [1.29, 1.82) is 0 Å². The van der Waals surface area contributed by atoms with Crippen LogP contribution in [0.15, 0.2) is 23.1 Å². The lowest BCUT2D eigenvalue weighted by Crippen LogP contribution is -2.39. The molecule has 0 N–H and O–H groups in total. The molecule has 1 amide bonds. The number of piperidine rings is 1. The molecule has 0 radical (unpaired) electrons. The van der Waals surface area contributed by atoms with E-state index in [0.29, 0.717) is 24.3 Å². The fourth-order valence-electron chi connectivity index (χ4n) is 3.02. The number of rotatable bonds is 3. The van der Waals surface area contributed by atoms with Crippen LogP contribution in [0.4, 0.5) is 0 Å². The van der Waals surface area contributed by atoms with Gasteiger partial charge in [0.05, 0.1) is 11.4 Å². The lowest BCUT2D eigenvalue weighted by atomic mass is 9.94. The molecule has 1 fully saturated rings. The molecule has 6 nitrogen and oxygen atoms in total. The first-order valence-electron chi connectivity index (χ1n) is 7.71. The second-order valence-corrected chi connectivity index (χ2v) is 5.63. The molecule has 0 bridgehead atoms. The number of aromatic nitrogens is 3. The maximum atomic E-state index is 12.8. The van der Waals surface area contributed by atoms with Crippen LogP contribution in [0, 0.1) is 6.92 Å². The number of nitrogens with zero attached hydrogens (tertiary/aromatic N) is 4. The molecule has 2 aromatic heterocycles. The highest BCUT2D eigenvalue weighted by atomic mass is 16.5. The van der Waals surface area contributed by atoms with Gasteiger partial charge in [-0.15, -0.1) is 0 Å². The SMILES string of the molecule is CCc1noc(C)c1C(=O)N1CCCC(c2cnccn2)C1. The van der Waals surface area contributed by atoms with Gasteiger partial charge in [-0.05, 0) is 26.2 Å². The van der Waals surface area contributed by atoms with Crippen molar-refractivity contribution in [2.24, 2.45) is 0 Å². The first-order chi connectivity index (χ1) is 10.7. The molecule has 2 aromatic rings. The standard InChI is InChI=1S/C16H20N4O2/c1-3-13-15(11(2)22-19-13)16(21)20-8-4-5-12(10-20)14-9-17-6-7-18-14/h6-7,9,12H,3-5,8,10H2,1-2H3. The zero-order valence-corrected chi connectivity index (χ0v) is 13.0. The summed E-state index contributed by atoms with van der Waals surface area (Å²) in [5, 5.41) is 3.98. The van der Waals surface area contributed by atoms with E-state index in [0.717, 1.165) is 30.8 Å². The van der Waals surface area contributed by atoms with E-state index in [4.69, 9.17) is 4.52 Å². The molecule has 0 spiro atoms. The van der Waals surface area contributed by atoms with Gasteiger partial charge in [0.2, 0.25) is 0 Å². The molecular formula is C16H20N4O2. The van der Waals surface area contributed by atoms with Crippen molar-refractivity contribution in [3.05, 3.63) is 41.3 Å². The summed E-state index contributed by atoms with van der Waals surface area (Å²) < 4.78 is 5.19. The third kappa shape index (κ3) is 2.73. The molecule has 3 rings (SSSR count). The van der Waals surface area contributed by atoms with Crippen molar-refractivity contribution in [1.82, 2.24) is 20.0 Å². The average Bonchev–Trinajstić information content (AvgIpc) is 2.96. The smallest absolute Gasteiger partial charge is 0.259 e. The predicted molar refractivity (Wildman–Crippen MR) is 80.5 cm³/mol. The van der Waals surface area contributed by atoms with Crippen LogP contribution in [0.2, 0.25) is 0 Å². The van der Waals surface area contributed by atoms with Crippen molar-refractivity contribution in [3.8, 4) is 0 Å². The van der Waals surface area contributed by atoms with Crippen LogP contribution in [-0.2, 0) is 6.42 Å². The Hall–Kier alpha value is -2.24. The number of amides is 1. The molecular weight excluding hydrogens is 280 g/mol. The highest BCUT2D eigenvalue weighted by molar-refractivity contribution is 5.96. The van der Waals surface area contributed by atoms with Gasteiger partial charge >= 0.3 is 0 Å². The molecule has 6 heteroatoms. The fraction of sp³-hybridized carbons (Fsp3) is 0.500. The summed E-state index contributed by atoms with van der Waals surface area (Å²) in [4.78, 5) is 23.2. The molecule has 0 saturated carbocycles. The number of carbonyl (C=O) groups is 1. The van der Waals surface area contributed by atoms with Crippen LogP contribution in [0.1, 0.15) is 53.2 Å². The van der Waals surface area contributed by atoms with Crippen LogP contribution in [0.5, 0.6) is 0 Å². The summed E-state index contributed by atoms with van der Waals surface area (Å²) in [5.41, 5.74) is 2.32. The van der Waals surface area contributed by atoms with E-state index < -0.39 is 0 Å². The topological polar surface area (TPSA) is 72.1 Å². The third-order valence-electron chi connectivity index (χ3n) is 4.19. The minimum Gasteiger partial charge on any atom is -0.361 e. The number of aryl methyl sites for hydroxylation is 2. The van der Waals surface area contributed by atoms with E-state index in [1.807, 2.05) is 11.8 Å². The zero-order chi connectivity index (χ0) is 15.5. The highest BCUT2D eigenvalue weighted by Gasteiger charge is 2.29.